The van der Waals surface area contributed by atoms with Crippen molar-refractivity contribution in [2.24, 2.45) is 10.7 Å². The molecule has 1 unspecified atom stereocenters. The van der Waals surface area contributed by atoms with Gasteiger partial charge >= 0.3 is 0 Å². The molecule has 1 aromatic heterocycles. The third-order valence-corrected chi connectivity index (χ3v) is 6.67. The van der Waals surface area contributed by atoms with Gasteiger partial charge in [0.05, 0.1) is 17.3 Å². The van der Waals surface area contributed by atoms with Gasteiger partial charge in [0.15, 0.2) is 5.76 Å². The fraction of sp³-hybridized carbons (Fsp3) is 0.346. The number of piperazine rings is 1. The van der Waals surface area contributed by atoms with E-state index in [4.69, 9.17) is 15.4 Å². The Labute approximate surface area is 193 Å². The maximum atomic E-state index is 11.4. The van der Waals surface area contributed by atoms with Gasteiger partial charge in [-0.05, 0) is 67.4 Å². The number of rotatable bonds is 7. The van der Waals surface area contributed by atoms with Crippen LogP contribution in [0.2, 0.25) is 0 Å². The van der Waals surface area contributed by atoms with E-state index in [0.717, 1.165) is 68.7 Å². The number of carbonyl (C=O) groups is 1. The molecule has 1 fully saturated rings. The van der Waals surface area contributed by atoms with Gasteiger partial charge in [-0.1, -0.05) is 6.42 Å². The van der Waals surface area contributed by atoms with E-state index < -0.39 is 5.91 Å². The second-order valence-electron chi connectivity index (χ2n) is 8.79. The molecule has 0 saturated carbocycles. The second kappa shape index (κ2) is 9.08. The zero-order valence-corrected chi connectivity index (χ0v) is 18.5. The van der Waals surface area contributed by atoms with Gasteiger partial charge < -0.3 is 15.1 Å². The Kier molecular flexibility index (Phi) is 5.84. The van der Waals surface area contributed by atoms with Crippen LogP contribution in [-0.4, -0.2) is 49.7 Å². The predicted octanol–water partition coefficient (Wildman–Crippen LogP) is 4.20. The van der Waals surface area contributed by atoms with E-state index >= 15 is 0 Å². The Hall–Kier alpha value is -3.63. The van der Waals surface area contributed by atoms with E-state index in [1.54, 1.807) is 6.07 Å². The molecule has 0 radical (unpaired) electrons. The Morgan fingerprint density at radius 2 is 1.97 bits per heavy atom. The molecule has 0 aliphatic carbocycles. The number of furan rings is 1. The van der Waals surface area contributed by atoms with Crippen LogP contribution < -0.4 is 10.6 Å². The molecule has 168 valence electrons. The Balaban J connectivity index is 1.08. The number of amides is 1. The average molecular weight is 442 g/mol. The first kappa shape index (κ1) is 21.2. The topological polar surface area (TPSA) is 98.9 Å². The minimum atomic E-state index is -0.544. The highest BCUT2D eigenvalue weighted by Gasteiger charge is 2.21. The van der Waals surface area contributed by atoms with Crippen LogP contribution in [0.5, 0.6) is 0 Å². The van der Waals surface area contributed by atoms with Crippen molar-refractivity contribution in [3.8, 4) is 6.07 Å². The molecule has 33 heavy (non-hydrogen) atoms. The molecule has 1 atom stereocenters. The number of hydrogen-bond donors (Lipinski definition) is 1. The first-order valence-electron chi connectivity index (χ1n) is 11.5. The summed E-state index contributed by atoms with van der Waals surface area (Å²) < 4.78 is 5.49. The highest BCUT2D eigenvalue weighted by Crippen LogP contribution is 2.35. The van der Waals surface area contributed by atoms with Crippen molar-refractivity contribution in [3.63, 3.8) is 0 Å². The molecule has 0 bridgehead atoms. The minimum Gasteiger partial charge on any atom is -0.451 e. The molecule has 7 heteroatoms. The van der Waals surface area contributed by atoms with Gasteiger partial charge in [-0.15, -0.1) is 0 Å². The monoisotopic (exact) mass is 441 g/mol. The van der Waals surface area contributed by atoms with Gasteiger partial charge in [-0.2, -0.15) is 5.26 Å². The van der Waals surface area contributed by atoms with Gasteiger partial charge in [0, 0.05) is 49.4 Å². The smallest absolute Gasteiger partial charge is 0.284 e. The van der Waals surface area contributed by atoms with Gasteiger partial charge in [0.25, 0.3) is 5.91 Å². The van der Waals surface area contributed by atoms with Crippen LogP contribution in [-0.2, 0) is 0 Å². The first-order chi connectivity index (χ1) is 16.1. The Bertz CT molecular complexity index is 1250. The molecule has 5 rings (SSSR count). The van der Waals surface area contributed by atoms with Gasteiger partial charge in [-0.3, -0.25) is 14.7 Å². The van der Waals surface area contributed by atoms with Crippen LogP contribution in [0.1, 0.15) is 46.9 Å². The van der Waals surface area contributed by atoms with Crippen LogP contribution in [0.4, 0.5) is 11.4 Å². The molecule has 3 aromatic rings. The molecule has 7 nitrogen and oxygen atoms in total. The summed E-state index contributed by atoms with van der Waals surface area (Å²) in [5.41, 5.74) is 10.1. The Morgan fingerprint density at radius 3 is 2.76 bits per heavy atom. The summed E-state index contributed by atoms with van der Waals surface area (Å²) in [6, 6.07) is 15.7. The van der Waals surface area contributed by atoms with E-state index in [0.29, 0.717) is 17.1 Å². The lowest BCUT2D eigenvalue weighted by atomic mass is 9.94. The van der Waals surface area contributed by atoms with E-state index in [1.807, 2.05) is 36.5 Å². The lowest BCUT2D eigenvalue weighted by molar-refractivity contribution is 0.0976. The van der Waals surface area contributed by atoms with Crippen molar-refractivity contribution in [2.75, 3.05) is 37.6 Å². The summed E-state index contributed by atoms with van der Waals surface area (Å²) >= 11 is 0. The third-order valence-electron chi connectivity index (χ3n) is 6.67. The molecule has 2 aliphatic heterocycles. The zero-order valence-electron chi connectivity index (χ0n) is 18.5. The third kappa shape index (κ3) is 4.48. The molecule has 1 amide bonds. The highest BCUT2D eigenvalue weighted by molar-refractivity contribution is 5.95. The van der Waals surface area contributed by atoms with Crippen LogP contribution in [0, 0.1) is 11.3 Å². The summed E-state index contributed by atoms with van der Waals surface area (Å²) in [7, 11) is 0. The van der Waals surface area contributed by atoms with Crippen molar-refractivity contribution >= 4 is 34.5 Å². The van der Waals surface area contributed by atoms with Crippen molar-refractivity contribution in [2.45, 2.75) is 25.2 Å². The van der Waals surface area contributed by atoms with Crippen LogP contribution in [0.25, 0.3) is 11.0 Å². The van der Waals surface area contributed by atoms with Crippen molar-refractivity contribution in [3.05, 3.63) is 59.4 Å². The number of unbranched alkanes of at least 4 members (excludes halogenated alkanes) is 1. The van der Waals surface area contributed by atoms with Crippen molar-refractivity contribution in [1.82, 2.24) is 4.90 Å². The van der Waals surface area contributed by atoms with E-state index in [1.165, 1.54) is 5.56 Å². The normalized spacial score (nSPS) is 17.9. The maximum Gasteiger partial charge on any atom is 0.284 e. The highest BCUT2D eigenvalue weighted by atomic mass is 16.3. The summed E-state index contributed by atoms with van der Waals surface area (Å²) in [5.74, 6) is -0.0133. The standard InChI is InChI=1S/C26H27N5O2/c27-16-18-4-6-23-22(13-18)19(17-29-23)3-1-2-8-30-9-11-31(12-10-30)21-5-7-24-20(14-21)15-25(33-24)26(28)32/h4-7,13-15,17,19H,1-3,8-12H2,(H2,28,32). The number of nitrogens with two attached hydrogens (primary N) is 1. The van der Waals surface area contributed by atoms with Gasteiger partial charge in [-0.25, -0.2) is 0 Å². The summed E-state index contributed by atoms with van der Waals surface area (Å²) in [5, 5.41) is 10.1. The maximum absolute atomic E-state index is 11.4. The van der Waals surface area contributed by atoms with Crippen molar-refractivity contribution < 1.29 is 9.21 Å². The molecule has 3 heterocycles. The SMILES string of the molecule is N#Cc1ccc2c(c1)C(CCCCN1CCN(c3ccc4oc(C(N)=O)cc4c3)CC1)C=N2. The van der Waals surface area contributed by atoms with Gasteiger partial charge in [0.2, 0.25) is 0 Å². The lowest BCUT2D eigenvalue weighted by Gasteiger charge is -2.36. The fourth-order valence-electron chi connectivity index (χ4n) is 4.80. The number of aliphatic imine (C=N–C) groups is 1. The number of anilines is 1. The summed E-state index contributed by atoms with van der Waals surface area (Å²) in [4.78, 5) is 20.8. The van der Waals surface area contributed by atoms with E-state index in [2.05, 4.69) is 26.9 Å². The predicted molar refractivity (Wildman–Crippen MR) is 129 cm³/mol. The largest absolute Gasteiger partial charge is 0.451 e. The quantitative estimate of drug-likeness (QED) is 0.554. The molecular formula is C26H27N5O2. The number of nitriles is 1. The summed E-state index contributed by atoms with van der Waals surface area (Å²) in [6.45, 7) is 5.13. The van der Waals surface area contributed by atoms with Crippen LogP contribution in [0.15, 0.2) is 51.9 Å². The van der Waals surface area contributed by atoms with Crippen LogP contribution in [0.3, 0.4) is 0 Å². The fourth-order valence-corrected chi connectivity index (χ4v) is 4.80. The molecule has 0 spiro atoms. The summed E-state index contributed by atoms with van der Waals surface area (Å²) in [6.07, 6.45) is 5.41. The number of nitrogens with zero attached hydrogens (tertiary/aromatic N) is 4. The molecular weight excluding hydrogens is 414 g/mol. The molecule has 2 aromatic carbocycles. The number of benzene rings is 2. The second-order valence-corrected chi connectivity index (χ2v) is 8.79. The molecule has 2 N–H and O–H groups in total. The molecule has 2 aliphatic rings. The number of hydrogen-bond acceptors (Lipinski definition) is 6. The number of fused-ring (bicyclic) bond motifs is 2. The minimum absolute atomic E-state index is 0.199. The van der Waals surface area contributed by atoms with Crippen molar-refractivity contribution in [1.29, 1.82) is 5.26 Å². The molecule has 1 saturated heterocycles. The first-order valence-corrected chi connectivity index (χ1v) is 11.5. The number of primary amides is 1. The number of carbonyl (C=O) groups excluding carboxylic acids is 1. The van der Waals surface area contributed by atoms with Crippen LogP contribution >= 0.6 is 0 Å². The Morgan fingerprint density at radius 1 is 1.12 bits per heavy atom. The van der Waals surface area contributed by atoms with Gasteiger partial charge in [0.1, 0.15) is 5.58 Å². The average Bonchev–Trinajstić information content (AvgIpc) is 3.45. The van der Waals surface area contributed by atoms with E-state index in [-0.39, 0.29) is 5.76 Å². The lowest BCUT2D eigenvalue weighted by Crippen LogP contribution is -2.46. The zero-order chi connectivity index (χ0) is 22.8. The van der Waals surface area contributed by atoms with E-state index in [9.17, 15) is 4.79 Å².